The molecule has 4 rings (SSSR count). The molecule has 2 aromatic carbocycles. The third kappa shape index (κ3) is 4.34. The van der Waals surface area contributed by atoms with Gasteiger partial charge in [-0.05, 0) is 41.8 Å². The van der Waals surface area contributed by atoms with E-state index in [0.29, 0.717) is 39.3 Å². The number of benzene rings is 2. The van der Waals surface area contributed by atoms with Gasteiger partial charge in [0.1, 0.15) is 5.82 Å². The van der Waals surface area contributed by atoms with Gasteiger partial charge in [0.25, 0.3) is 5.91 Å². The normalized spacial score (nSPS) is 18.4. The van der Waals surface area contributed by atoms with Gasteiger partial charge in [-0.3, -0.25) is 4.79 Å². The molecule has 0 radical (unpaired) electrons. The molecule has 0 aliphatic carbocycles. The van der Waals surface area contributed by atoms with Crippen molar-refractivity contribution in [3.05, 3.63) is 65.5 Å². The highest BCUT2D eigenvalue weighted by Gasteiger charge is 2.32. The molecule has 8 heteroatoms. The highest BCUT2D eigenvalue weighted by atomic mass is 32.2. The van der Waals surface area contributed by atoms with Gasteiger partial charge in [-0.1, -0.05) is 24.3 Å². The molecule has 0 bridgehead atoms. The second-order valence-electron chi connectivity index (χ2n) is 7.62. The number of quaternary nitrogens is 1. The largest absolute Gasteiger partial charge is 0.333 e. The minimum atomic E-state index is -3.63. The van der Waals surface area contributed by atoms with E-state index in [-0.39, 0.29) is 10.8 Å². The molecule has 0 atom stereocenters. The van der Waals surface area contributed by atoms with E-state index in [2.05, 4.69) is 12.1 Å². The van der Waals surface area contributed by atoms with Gasteiger partial charge in [-0.15, -0.1) is 0 Å². The fraction of sp³-hybridized carbons (Fsp3) is 0.381. The molecule has 154 valence electrons. The van der Waals surface area contributed by atoms with Crippen molar-refractivity contribution in [2.75, 3.05) is 39.3 Å². The van der Waals surface area contributed by atoms with E-state index in [9.17, 15) is 17.6 Å². The van der Waals surface area contributed by atoms with Crippen LogP contribution >= 0.6 is 0 Å². The lowest BCUT2D eigenvalue weighted by Crippen LogP contribution is -3.15. The van der Waals surface area contributed by atoms with Crippen LogP contribution in [-0.2, 0) is 27.8 Å². The van der Waals surface area contributed by atoms with E-state index in [1.54, 1.807) is 0 Å². The monoisotopic (exact) mass is 418 g/mol. The summed E-state index contributed by atoms with van der Waals surface area (Å²) in [5.74, 6) is -0.346. The molecule has 0 aromatic heterocycles. The molecule has 1 amide bonds. The van der Waals surface area contributed by atoms with E-state index in [1.807, 2.05) is 17.0 Å². The van der Waals surface area contributed by atoms with Gasteiger partial charge >= 0.3 is 0 Å². The Morgan fingerprint density at radius 2 is 1.62 bits per heavy atom. The van der Waals surface area contributed by atoms with Crippen LogP contribution in [0.2, 0.25) is 0 Å². The van der Waals surface area contributed by atoms with Crippen molar-refractivity contribution >= 4 is 15.9 Å². The Hall–Kier alpha value is -2.29. The van der Waals surface area contributed by atoms with Crippen LogP contribution in [0.25, 0.3) is 0 Å². The summed E-state index contributed by atoms with van der Waals surface area (Å²) in [7, 11) is -3.63. The van der Waals surface area contributed by atoms with Gasteiger partial charge in [0, 0.05) is 13.1 Å². The smallest absolute Gasteiger partial charge is 0.278 e. The van der Waals surface area contributed by atoms with E-state index < -0.39 is 15.8 Å². The highest BCUT2D eigenvalue weighted by molar-refractivity contribution is 7.89. The summed E-state index contributed by atoms with van der Waals surface area (Å²) >= 11 is 0. The number of carbonyl (C=O) groups excluding carboxylic acids is 1. The fourth-order valence-corrected chi connectivity index (χ4v) is 5.45. The summed E-state index contributed by atoms with van der Waals surface area (Å²) in [5, 5.41) is 0. The van der Waals surface area contributed by atoms with Crippen molar-refractivity contribution in [2.45, 2.75) is 17.9 Å². The third-order valence-corrected chi connectivity index (χ3v) is 7.68. The van der Waals surface area contributed by atoms with Crippen LogP contribution in [-0.4, -0.2) is 62.8 Å². The fourth-order valence-electron chi connectivity index (χ4n) is 4.01. The summed E-state index contributed by atoms with van der Waals surface area (Å²) in [5.41, 5.74) is 2.51. The molecular weight excluding hydrogens is 393 g/mol. The number of nitrogens with zero attached hydrogens (tertiary/aromatic N) is 2. The number of sulfonamides is 1. The number of rotatable bonds is 4. The summed E-state index contributed by atoms with van der Waals surface area (Å²) in [4.78, 5) is 15.8. The molecule has 6 nitrogen and oxygen atoms in total. The molecule has 2 aliphatic rings. The Kier molecular flexibility index (Phi) is 5.67. The van der Waals surface area contributed by atoms with Crippen molar-refractivity contribution < 1.29 is 22.5 Å². The lowest BCUT2D eigenvalue weighted by molar-refractivity contribution is -0.896. The number of amides is 1. The van der Waals surface area contributed by atoms with Crippen molar-refractivity contribution in [3.63, 3.8) is 0 Å². The Morgan fingerprint density at radius 1 is 0.966 bits per heavy atom. The van der Waals surface area contributed by atoms with Crippen molar-refractivity contribution in [3.8, 4) is 0 Å². The number of hydrogen-bond donors (Lipinski definition) is 1. The van der Waals surface area contributed by atoms with Gasteiger partial charge < -0.3 is 9.80 Å². The average molecular weight is 419 g/mol. The molecular formula is C21H25FN3O3S+. The minimum Gasteiger partial charge on any atom is -0.333 e. The maximum atomic E-state index is 13.1. The lowest BCUT2D eigenvalue weighted by atomic mass is 10.00. The summed E-state index contributed by atoms with van der Waals surface area (Å²) in [6.45, 7) is 3.62. The van der Waals surface area contributed by atoms with Crippen LogP contribution in [0.5, 0.6) is 0 Å². The maximum absolute atomic E-state index is 13.1. The minimum absolute atomic E-state index is 0.102. The Morgan fingerprint density at radius 3 is 2.31 bits per heavy atom. The first-order valence-electron chi connectivity index (χ1n) is 9.87. The second-order valence-corrected chi connectivity index (χ2v) is 9.56. The zero-order valence-electron chi connectivity index (χ0n) is 16.2. The first-order valence-corrected chi connectivity index (χ1v) is 11.3. The van der Waals surface area contributed by atoms with Crippen LogP contribution in [0.4, 0.5) is 4.39 Å². The molecule has 1 fully saturated rings. The number of nitrogens with one attached hydrogen (secondary N) is 1. The summed E-state index contributed by atoms with van der Waals surface area (Å²) in [6.07, 6.45) is 0.876. The standard InChI is InChI=1S/C21H24FN3O3S/c22-19-5-7-20(8-6-19)29(27,28)25-13-11-23(12-14-25)16-21(26)24-10-9-17-3-1-2-4-18(17)15-24/h1-8H,9-16H2/p+1. The molecule has 1 N–H and O–H groups in total. The van der Waals surface area contributed by atoms with Crippen molar-refractivity contribution in [1.29, 1.82) is 0 Å². The zero-order chi connectivity index (χ0) is 20.4. The first kappa shape index (κ1) is 20.0. The van der Waals surface area contributed by atoms with Gasteiger partial charge in [0.15, 0.2) is 6.54 Å². The SMILES string of the molecule is O=C(C[NH+]1CCN(S(=O)(=O)c2ccc(F)cc2)CC1)N1CCc2ccccc2C1. The van der Waals surface area contributed by atoms with Crippen LogP contribution < -0.4 is 4.90 Å². The summed E-state index contributed by atoms with van der Waals surface area (Å²) in [6, 6.07) is 13.1. The number of carbonyl (C=O) groups is 1. The molecule has 0 unspecified atom stereocenters. The molecule has 2 aliphatic heterocycles. The van der Waals surface area contributed by atoms with E-state index in [0.717, 1.165) is 30.0 Å². The maximum Gasteiger partial charge on any atom is 0.278 e. The van der Waals surface area contributed by atoms with Crippen LogP contribution in [0.1, 0.15) is 11.1 Å². The third-order valence-electron chi connectivity index (χ3n) is 5.77. The van der Waals surface area contributed by atoms with Crippen molar-refractivity contribution in [2.24, 2.45) is 0 Å². The lowest BCUT2D eigenvalue weighted by Gasteiger charge is -2.33. The van der Waals surface area contributed by atoms with Crippen LogP contribution in [0.3, 0.4) is 0 Å². The first-order chi connectivity index (χ1) is 13.9. The number of halogens is 1. The van der Waals surface area contributed by atoms with E-state index in [4.69, 9.17) is 0 Å². The topological polar surface area (TPSA) is 62.1 Å². The molecule has 0 saturated carbocycles. The second kappa shape index (κ2) is 8.22. The number of piperazine rings is 1. The molecule has 29 heavy (non-hydrogen) atoms. The van der Waals surface area contributed by atoms with Gasteiger partial charge in [0.05, 0.1) is 31.1 Å². The quantitative estimate of drug-likeness (QED) is 0.777. The molecule has 0 spiro atoms. The van der Waals surface area contributed by atoms with E-state index in [1.165, 1.54) is 27.6 Å². The zero-order valence-corrected chi connectivity index (χ0v) is 17.0. The Balaban J connectivity index is 1.32. The average Bonchev–Trinajstić information content (AvgIpc) is 2.74. The Bertz CT molecular complexity index is 986. The van der Waals surface area contributed by atoms with Crippen LogP contribution in [0.15, 0.2) is 53.4 Å². The molecule has 2 heterocycles. The highest BCUT2D eigenvalue weighted by Crippen LogP contribution is 2.18. The Labute approximate surface area is 170 Å². The number of hydrogen-bond acceptors (Lipinski definition) is 3. The van der Waals surface area contributed by atoms with Crippen molar-refractivity contribution in [1.82, 2.24) is 9.21 Å². The molecule has 2 aromatic rings. The summed E-state index contributed by atoms with van der Waals surface area (Å²) < 4.78 is 39.9. The predicted octanol–water partition coefficient (Wildman–Crippen LogP) is 0.300. The van der Waals surface area contributed by atoms with Gasteiger partial charge in [0.2, 0.25) is 10.0 Å². The van der Waals surface area contributed by atoms with Gasteiger partial charge in [-0.2, -0.15) is 4.31 Å². The van der Waals surface area contributed by atoms with Gasteiger partial charge in [-0.25, -0.2) is 12.8 Å². The van der Waals surface area contributed by atoms with Crippen LogP contribution in [0, 0.1) is 5.82 Å². The number of fused-ring (bicyclic) bond motifs is 1. The van der Waals surface area contributed by atoms with E-state index >= 15 is 0 Å². The molecule has 1 saturated heterocycles. The predicted molar refractivity (Wildman–Crippen MR) is 106 cm³/mol.